The molecule has 0 aliphatic heterocycles. The third kappa shape index (κ3) is 6.37. The Morgan fingerprint density at radius 3 is 1.88 bits per heavy atom. The normalized spacial score (nSPS) is 27.0. The second-order valence-electron chi connectivity index (χ2n) is 7.77. The maximum absolute atomic E-state index is 4.85. The van der Waals surface area contributed by atoms with Gasteiger partial charge in [0, 0.05) is 5.66 Å². The van der Waals surface area contributed by atoms with Crippen molar-refractivity contribution < 1.29 is 15.1 Å². The number of hydrogen-bond acceptors (Lipinski definition) is 0. The fourth-order valence-electron chi connectivity index (χ4n) is 4.87. The van der Waals surface area contributed by atoms with Gasteiger partial charge in [0.1, 0.15) is 0 Å². The summed E-state index contributed by atoms with van der Waals surface area (Å²) in [6, 6.07) is 0. The minimum atomic E-state index is -0.346. The van der Waals surface area contributed by atoms with E-state index in [4.69, 9.17) is 19.4 Å². The SMILES string of the molecule is CC(C)=CC=C1CCCC1P(C1CCCC1)C1CCCC1.[Cl][Ru][Cl]. The van der Waals surface area contributed by atoms with Crippen molar-refractivity contribution in [1.29, 1.82) is 0 Å². The molecule has 0 aromatic rings. The minimum absolute atomic E-state index is 0.268. The van der Waals surface area contributed by atoms with E-state index >= 15 is 0 Å². The first-order chi connectivity index (χ1) is 11.7. The average Bonchev–Trinajstić information content (AvgIpc) is 3.31. The van der Waals surface area contributed by atoms with Crippen LogP contribution in [0.4, 0.5) is 0 Å². The Morgan fingerprint density at radius 2 is 1.42 bits per heavy atom. The van der Waals surface area contributed by atoms with E-state index in [0.717, 1.165) is 17.0 Å². The van der Waals surface area contributed by atoms with Crippen molar-refractivity contribution >= 4 is 27.3 Å². The van der Waals surface area contributed by atoms with Gasteiger partial charge in [-0.15, -0.1) is 0 Å². The standard InChI is InChI=1S/C20H33P.2ClH.Ru/c1-16(2)14-15-17-8-7-13-20(17)21(18-9-3-4-10-18)19-11-5-6-12-19;;;/h14-15,18-20H,3-13H2,1-2H3;2*1H;/q;;;+2/p-2. The Kier molecular flexibility index (Phi) is 10.5. The molecule has 0 saturated heterocycles. The van der Waals surface area contributed by atoms with Crippen LogP contribution in [0.25, 0.3) is 0 Å². The number of allylic oxidation sites excluding steroid dienone is 4. The second-order valence-corrected chi connectivity index (χ2v) is 13.4. The fraction of sp³-hybridized carbons (Fsp3) is 0.800. The number of hydrogen-bond donors (Lipinski definition) is 0. The van der Waals surface area contributed by atoms with E-state index in [9.17, 15) is 0 Å². The Hall–Kier alpha value is 1.11. The van der Waals surface area contributed by atoms with Crippen LogP contribution in [-0.2, 0) is 15.1 Å². The molecular formula is C20H33Cl2PRu. The molecule has 3 aliphatic rings. The molecular weight excluding hydrogens is 443 g/mol. The van der Waals surface area contributed by atoms with Crippen molar-refractivity contribution in [2.75, 3.05) is 0 Å². The van der Waals surface area contributed by atoms with E-state index in [2.05, 4.69) is 26.0 Å². The van der Waals surface area contributed by atoms with E-state index in [1.54, 1.807) is 25.7 Å². The topological polar surface area (TPSA) is 0 Å². The number of rotatable bonds is 4. The molecule has 3 rings (SSSR count). The van der Waals surface area contributed by atoms with Crippen LogP contribution in [0.3, 0.4) is 0 Å². The van der Waals surface area contributed by atoms with Gasteiger partial charge in [-0.25, -0.2) is 0 Å². The van der Waals surface area contributed by atoms with Gasteiger partial charge in [0.15, 0.2) is 0 Å². The van der Waals surface area contributed by atoms with Gasteiger partial charge in [-0.2, -0.15) is 0 Å². The quantitative estimate of drug-likeness (QED) is 0.284. The maximum atomic E-state index is 4.85. The average molecular weight is 476 g/mol. The zero-order valence-corrected chi connectivity index (χ0v) is 19.4. The van der Waals surface area contributed by atoms with Crippen molar-refractivity contribution in [3.8, 4) is 0 Å². The number of halogens is 2. The van der Waals surface area contributed by atoms with Gasteiger partial charge in [0.05, 0.1) is 0 Å². The molecule has 3 aliphatic carbocycles. The summed E-state index contributed by atoms with van der Waals surface area (Å²) < 4.78 is 0. The zero-order chi connectivity index (χ0) is 17.4. The van der Waals surface area contributed by atoms with Crippen LogP contribution >= 0.6 is 27.3 Å². The van der Waals surface area contributed by atoms with Gasteiger partial charge in [-0.05, 0) is 70.1 Å². The van der Waals surface area contributed by atoms with Gasteiger partial charge in [-0.1, -0.05) is 56.9 Å². The summed E-state index contributed by atoms with van der Waals surface area (Å²) in [5.74, 6) is 0. The Balaban J connectivity index is 0.000000647. The molecule has 0 aromatic heterocycles. The van der Waals surface area contributed by atoms with Crippen LogP contribution in [0.2, 0.25) is 0 Å². The molecule has 3 saturated carbocycles. The van der Waals surface area contributed by atoms with Gasteiger partial charge in [0.25, 0.3) is 0 Å². The summed E-state index contributed by atoms with van der Waals surface area (Å²) >= 11 is -0.346. The summed E-state index contributed by atoms with van der Waals surface area (Å²) in [6.07, 6.45) is 21.6. The molecule has 0 aromatic carbocycles. The zero-order valence-electron chi connectivity index (χ0n) is 15.2. The predicted molar refractivity (Wildman–Crippen MR) is 108 cm³/mol. The van der Waals surface area contributed by atoms with Crippen molar-refractivity contribution in [3.05, 3.63) is 23.3 Å². The summed E-state index contributed by atoms with van der Waals surface area (Å²) in [7, 11) is 9.98. The molecule has 0 amide bonds. The van der Waals surface area contributed by atoms with Crippen LogP contribution in [-0.4, -0.2) is 17.0 Å². The predicted octanol–water partition coefficient (Wildman–Crippen LogP) is 8.18. The molecule has 0 nitrogen and oxygen atoms in total. The third-order valence-corrected chi connectivity index (χ3v) is 9.88. The molecule has 0 N–H and O–H groups in total. The van der Waals surface area contributed by atoms with Crippen LogP contribution in [0, 0.1) is 0 Å². The molecule has 0 bridgehead atoms. The molecule has 0 spiro atoms. The Labute approximate surface area is 166 Å². The summed E-state index contributed by atoms with van der Waals surface area (Å²) in [5, 5.41) is 0. The van der Waals surface area contributed by atoms with Crippen molar-refractivity contribution in [2.24, 2.45) is 0 Å². The fourth-order valence-corrected chi connectivity index (χ4v) is 9.49. The third-order valence-electron chi connectivity index (χ3n) is 5.85. The monoisotopic (exact) mass is 476 g/mol. The van der Waals surface area contributed by atoms with E-state index in [-0.39, 0.29) is 23.1 Å². The molecule has 4 heteroatoms. The molecule has 0 radical (unpaired) electrons. The van der Waals surface area contributed by atoms with Crippen molar-refractivity contribution in [3.63, 3.8) is 0 Å². The van der Waals surface area contributed by atoms with Gasteiger partial charge < -0.3 is 0 Å². The van der Waals surface area contributed by atoms with Gasteiger partial charge in [-0.3, -0.25) is 0 Å². The first-order valence-electron chi connectivity index (χ1n) is 9.64. The first-order valence-corrected chi connectivity index (χ1v) is 15.7. The summed E-state index contributed by atoms with van der Waals surface area (Å²) in [5.41, 5.74) is 6.55. The molecule has 140 valence electrons. The Morgan fingerprint density at radius 1 is 0.917 bits per heavy atom. The molecule has 0 heterocycles. The van der Waals surface area contributed by atoms with Crippen LogP contribution in [0.1, 0.15) is 84.5 Å². The summed E-state index contributed by atoms with van der Waals surface area (Å²) in [4.78, 5) is 0. The van der Waals surface area contributed by atoms with Crippen molar-refractivity contribution in [2.45, 2.75) is 101 Å². The van der Waals surface area contributed by atoms with Crippen molar-refractivity contribution in [1.82, 2.24) is 0 Å². The van der Waals surface area contributed by atoms with Crippen LogP contribution in [0.5, 0.6) is 0 Å². The first kappa shape index (κ1) is 21.4. The molecule has 1 unspecified atom stereocenters. The van der Waals surface area contributed by atoms with Gasteiger partial charge in [0.2, 0.25) is 0 Å². The van der Waals surface area contributed by atoms with Gasteiger partial charge >= 0.3 is 34.5 Å². The van der Waals surface area contributed by atoms with Crippen LogP contribution in [0.15, 0.2) is 23.3 Å². The summed E-state index contributed by atoms with van der Waals surface area (Å²) in [6.45, 7) is 4.47. The van der Waals surface area contributed by atoms with E-state index in [0.29, 0.717) is 0 Å². The molecule has 1 atom stereocenters. The molecule has 3 fully saturated rings. The van der Waals surface area contributed by atoms with E-state index in [1.165, 1.54) is 50.5 Å². The second kappa shape index (κ2) is 11.7. The van der Waals surface area contributed by atoms with E-state index in [1.807, 2.05) is 5.57 Å². The van der Waals surface area contributed by atoms with E-state index < -0.39 is 0 Å². The Bertz CT molecular complexity index is 403. The molecule has 24 heavy (non-hydrogen) atoms. The van der Waals surface area contributed by atoms with Crippen LogP contribution < -0.4 is 0 Å².